The Labute approximate surface area is 207 Å². The van der Waals surface area contributed by atoms with Crippen molar-refractivity contribution in [3.63, 3.8) is 0 Å². The highest BCUT2D eigenvalue weighted by Gasteiger charge is 2.21. The number of rotatable bonds is 8. The number of hydrogen-bond donors (Lipinski definition) is 2. The second-order valence-electron chi connectivity index (χ2n) is 9.57. The number of ether oxygens (including phenoxy) is 1. The predicted octanol–water partition coefficient (Wildman–Crippen LogP) is 4.30. The molecule has 0 aliphatic carbocycles. The van der Waals surface area contributed by atoms with Crippen molar-refractivity contribution in [2.75, 3.05) is 37.7 Å². The summed E-state index contributed by atoms with van der Waals surface area (Å²) in [6.07, 6.45) is 9.92. The molecule has 34 heavy (non-hydrogen) atoms. The molecule has 3 heterocycles. The minimum Gasteiger partial charge on any atom is -0.494 e. The molecule has 2 N–H and O–H groups in total. The molecule has 1 aromatic heterocycles. The fraction of sp³-hybridized carbons (Fsp3) is 0.577. The van der Waals surface area contributed by atoms with Crippen LogP contribution < -0.4 is 20.3 Å². The van der Waals surface area contributed by atoms with Crippen LogP contribution in [0.25, 0.3) is 0 Å². The van der Waals surface area contributed by atoms with Crippen LogP contribution in [0.5, 0.6) is 5.75 Å². The molecule has 2 aliphatic rings. The Morgan fingerprint density at radius 2 is 1.88 bits per heavy atom. The highest BCUT2D eigenvalue weighted by atomic mass is 35.5. The summed E-state index contributed by atoms with van der Waals surface area (Å²) in [6.45, 7) is 8.52. The fourth-order valence-corrected chi connectivity index (χ4v) is 5.15. The summed E-state index contributed by atoms with van der Waals surface area (Å²) >= 11 is 5.89. The van der Waals surface area contributed by atoms with E-state index in [1.165, 1.54) is 0 Å². The SMILES string of the molecule is Cc1cc(OCCCC2CCN(c3ncc(Cl)cn3)CC2)cc(C)c1C(=O)NC1CCCNC1. The molecule has 4 rings (SSSR count). The average molecular weight is 486 g/mol. The van der Waals surface area contributed by atoms with Gasteiger partial charge in [0.05, 0.1) is 24.0 Å². The lowest BCUT2D eigenvalue weighted by atomic mass is 9.92. The number of anilines is 1. The molecule has 1 amide bonds. The maximum absolute atomic E-state index is 12.8. The van der Waals surface area contributed by atoms with Crippen LogP contribution in [0, 0.1) is 19.8 Å². The van der Waals surface area contributed by atoms with Crippen molar-refractivity contribution in [1.82, 2.24) is 20.6 Å². The molecule has 2 aliphatic heterocycles. The molecule has 184 valence electrons. The first-order valence-electron chi connectivity index (χ1n) is 12.5. The lowest BCUT2D eigenvalue weighted by molar-refractivity contribution is 0.0929. The third kappa shape index (κ3) is 6.60. The zero-order valence-corrected chi connectivity index (χ0v) is 21.0. The summed E-state index contributed by atoms with van der Waals surface area (Å²) in [6, 6.07) is 4.19. The molecular formula is C26H36ClN5O2. The normalized spacial score (nSPS) is 19.1. The van der Waals surface area contributed by atoms with Crippen molar-refractivity contribution in [3.05, 3.63) is 46.2 Å². The monoisotopic (exact) mass is 485 g/mol. The van der Waals surface area contributed by atoms with Gasteiger partial charge in [0, 0.05) is 31.2 Å². The number of aromatic nitrogens is 2. The van der Waals surface area contributed by atoms with Crippen molar-refractivity contribution < 1.29 is 9.53 Å². The standard InChI is InChI=1S/C26H36ClN5O2/c1-18-13-23(14-19(2)24(18)25(33)31-22-6-3-9-28-17-22)34-12-4-5-20-7-10-32(11-8-20)26-29-15-21(27)16-30-26/h13-16,20,22,28H,3-12,17H2,1-2H3,(H,31,33). The summed E-state index contributed by atoms with van der Waals surface area (Å²) in [4.78, 5) is 23.7. The number of nitrogens with zero attached hydrogens (tertiary/aromatic N) is 3. The first-order valence-corrected chi connectivity index (χ1v) is 12.9. The van der Waals surface area contributed by atoms with Crippen LogP contribution in [-0.4, -0.2) is 54.7 Å². The number of piperidine rings is 2. The van der Waals surface area contributed by atoms with Gasteiger partial charge in [-0.15, -0.1) is 0 Å². The average Bonchev–Trinajstić information content (AvgIpc) is 2.83. The van der Waals surface area contributed by atoms with E-state index >= 15 is 0 Å². The third-order valence-corrected chi connectivity index (χ3v) is 7.09. The molecule has 0 bridgehead atoms. The molecule has 2 aromatic rings. The molecule has 2 fully saturated rings. The molecular weight excluding hydrogens is 450 g/mol. The molecule has 0 radical (unpaired) electrons. The molecule has 1 aromatic carbocycles. The minimum absolute atomic E-state index is 0.0191. The van der Waals surface area contributed by atoms with Gasteiger partial charge in [-0.25, -0.2) is 9.97 Å². The van der Waals surface area contributed by atoms with Crippen molar-refractivity contribution in [1.29, 1.82) is 0 Å². The first-order chi connectivity index (χ1) is 16.5. The molecule has 7 nitrogen and oxygen atoms in total. The van der Waals surface area contributed by atoms with Gasteiger partial charge >= 0.3 is 0 Å². The Bertz CT molecular complexity index is 931. The highest BCUT2D eigenvalue weighted by molar-refractivity contribution is 6.30. The largest absolute Gasteiger partial charge is 0.494 e. The number of amides is 1. The van der Waals surface area contributed by atoms with E-state index in [9.17, 15) is 4.79 Å². The van der Waals surface area contributed by atoms with Gasteiger partial charge in [-0.1, -0.05) is 11.6 Å². The molecule has 1 unspecified atom stereocenters. The number of carbonyl (C=O) groups is 1. The van der Waals surface area contributed by atoms with Gasteiger partial charge < -0.3 is 20.3 Å². The fourth-order valence-electron chi connectivity index (χ4n) is 5.05. The van der Waals surface area contributed by atoms with Gasteiger partial charge in [0.25, 0.3) is 5.91 Å². The first kappa shape index (κ1) is 24.7. The van der Waals surface area contributed by atoms with Crippen molar-refractivity contribution in [2.45, 2.75) is 58.4 Å². The van der Waals surface area contributed by atoms with E-state index < -0.39 is 0 Å². The Kier molecular flexibility index (Phi) is 8.62. The summed E-state index contributed by atoms with van der Waals surface area (Å²) < 4.78 is 6.06. The zero-order valence-electron chi connectivity index (χ0n) is 20.3. The molecule has 0 spiro atoms. The summed E-state index contributed by atoms with van der Waals surface area (Å²) in [7, 11) is 0. The van der Waals surface area contributed by atoms with Gasteiger partial charge in [0.2, 0.25) is 5.95 Å². The van der Waals surface area contributed by atoms with Crippen LogP contribution >= 0.6 is 11.6 Å². The lowest BCUT2D eigenvalue weighted by Gasteiger charge is -2.32. The van der Waals surface area contributed by atoms with E-state index in [4.69, 9.17) is 16.3 Å². The Balaban J connectivity index is 1.20. The van der Waals surface area contributed by atoms with E-state index in [-0.39, 0.29) is 11.9 Å². The number of hydrogen-bond acceptors (Lipinski definition) is 6. The van der Waals surface area contributed by atoms with E-state index in [0.29, 0.717) is 17.5 Å². The van der Waals surface area contributed by atoms with Crippen LogP contribution in [0.2, 0.25) is 5.02 Å². The van der Waals surface area contributed by atoms with Gasteiger partial charge in [0.1, 0.15) is 5.75 Å². The molecule has 0 saturated carbocycles. The number of nitrogens with one attached hydrogen (secondary N) is 2. The number of benzene rings is 1. The van der Waals surface area contributed by atoms with E-state index in [0.717, 1.165) is 93.1 Å². The van der Waals surface area contributed by atoms with E-state index in [1.54, 1.807) is 12.4 Å². The van der Waals surface area contributed by atoms with Crippen molar-refractivity contribution in [3.8, 4) is 5.75 Å². The maximum atomic E-state index is 12.8. The zero-order chi connectivity index (χ0) is 23.9. The number of halogens is 1. The summed E-state index contributed by atoms with van der Waals surface area (Å²) in [5, 5.41) is 7.10. The van der Waals surface area contributed by atoms with Gasteiger partial charge in [-0.2, -0.15) is 0 Å². The molecule has 8 heteroatoms. The van der Waals surface area contributed by atoms with E-state index in [2.05, 4.69) is 25.5 Å². The predicted molar refractivity (Wildman–Crippen MR) is 136 cm³/mol. The Hall–Kier alpha value is -2.38. The van der Waals surface area contributed by atoms with Crippen LogP contribution in [0.4, 0.5) is 5.95 Å². The minimum atomic E-state index is 0.0191. The van der Waals surface area contributed by atoms with Crippen LogP contribution in [-0.2, 0) is 0 Å². The number of aryl methyl sites for hydroxylation is 2. The van der Waals surface area contributed by atoms with E-state index in [1.807, 2.05) is 26.0 Å². The quantitative estimate of drug-likeness (QED) is 0.542. The molecule has 2 saturated heterocycles. The lowest BCUT2D eigenvalue weighted by Crippen LogP contribution is -2.45. The van der Waals surface area contributed by atoms with Gasteiger partial charge in [0.15, 0.2) is 0 Å². The van der Waals surface area contributed by atoms with Crippen LogP contribution in [0.3, 0.4) is 0 Å². The molecule has 1 atom stereocenters. The van der Waals surface area contributed by atoms with Crippen molar-refractivity contribution >= 4 is 23.5 Å². The maximum Gasteiger partial charge on any atom is 0.252 e. The second-order valence-corrected chi connectivity index (χ2v) is 10.0. The van der Waals surface area contributed by atoms with Crippen molar-refractivity contribution in [2.24, 2.45) is 5.92 Å². The summed E-state index contributed by atoms with van der Waals surface area (Å²) in [5.41, 5.74) is 2.70. The smallest absolute Gasteiger partial charge is 0.252 e. The third-order valence-electron chi connectivity index (χ3n) is 6.89. The summed E-state index contributed by atoms with van der Waals surface area (Å²) in [5.74, 6) is 2.34. The van der Waals surface area contributed by atoms with Gasteiger partial charge in [-0.3, -0.25) is 4.79 Å². The number of carbonyl (C=O) groups excluding carboxylic acids is 1. The van der Waals surface area contributed by atoms with Gasteiger partial charge in [-0.05, 0) is 88.1 Å². The second kappa shape index (κ2) is 11.8. The highest BCUT2D eigenvalue weighted by Crippen LogP contribution is 2.26. The topological polar surface area (TPSA) is 79.4 Å². The Morgan fingerprint density at radius 3 is 2.53 bits per heavy atom. The Morgan fingerprint density at radius 1 is 1.18 bits per heavy atom. The van der Waals surface area contributed by atoms with Crippen LogP contribution in [0.1, 0.15) is 60.0 Å². The van der Waals surface area contributed by atoms with Crippen LogP contribution in [0.15, 0.2) is 24.5 Å².